The smallest absolute Gasteiger partial charge is 0.238 e. The lowest BCUT2D eigenvalue weighted by molar-refractivity contribution is -0.115. The first-order valence-corrected chi connectivity index (χ1v) is 9.38. The number of amides is 1. The van der Waals surface area contributed by atoms with E-state index in [1.165, 1.54) is 16.1 Å². The van der Waals surface area contributed by atoms with Gasteiger partial charge in [0.05, 0.1) is 5.25 Å². The molecule has 1 amide bonds. The number of nitrogens with one attached hydrogen (secondary N) is 1. The molecule has 1 atom stereocenters. The molecule has 0 saturated heterocycles. The summed E-state index contributed by atoms with van der Waals surface area (Å²) in [6.45, 7) is 7.51. The van der Waals surface area contributed by atoms with Crippen LogP contribution >= 0.6 is 11.8 Å². The highest BCUT2D eigenvalue weighted by atomic mass is 32.2. The molecule has 0 aliphatic carbocycles. The van der Waals surface area contributed by atoms with E-state index >= 15 is 0 Å². The lowest BCUT2D eigenvalue weighted by Crippen LogP contribution is -2.30. The number of rotatable bonds is 5. The second-order valence-electron chi connectivity index (χ2n) is 6.33. The zero-order valence-corrected chi connectivity index (χ0v) is 15.3. The lowest BCUT2D eigenvalue weighted by Gasteiger charge is -2.27. The molecule has 1 aliphatic heterocycles. The first-order chi connectivity index (χ1) is 11.6. The Balaban J connectivity index is 1.63. The van der Waals surface area contributed by atoms with Crippen molar-refractivity contribution in [3.63, 3.8) is 0 Å². The molecule has 3 nitrogen and oxygen atoms in total. The summed E-state index contributed by atoms with van der Waals surface area (Å²) >= 11 is 1.66. The quantitative estimate of drug-likeness (QED) is 0.865. The largest absolute Gasteiger partial charge is 0.369 e. The number of carbonyl (C=O) groups is 1. The van der Waals surface area contributed by atoms with Gasteiger partial charge in [-0.25, -0.2) is 0 Å². The molecule has 0 fully saturated rings. The van der Waals surface area contributed by atoms with Gasteiger partial charge in [-0.1, -0.05) is 18.2 Å². The predicted molar refractivity (Wildman–Crippen MR) is 103 cm³/mol. The Bertz CT molecular complexity index is 687. The van der Waals surface area contributed by atoms with Crippen molar-refractivity contribution in [2.75, 3.05) is 16.8 Å². The zero-order chi connectivity index (χ0) is 17.1. The summed E-state index contributed by atoms with van der Waals surface area (Å²) in [5.74, 6) is 0.0835. The standard InChI is InChI=1S/C20H24N2OS/c1-4-22(14(2)3)17-11-9-16(10-12-17)21-20(23)19-13-15-7-5-6-8-18(15)24-19/h5-12,14,19H,4,13H2,1-3H3,(H,21,23). The van der Waals surface area contributed by atoms with Gasteiger partial charge in [-0.3, -0.25) is 4.79 Å². The normalized spacial score (nSPS) is 16.1. The lowest BCUT2D eigenvalue weighted by atomic mass is 10.1. The Labute approximate surface area is 148 Å². The van der Waals surface area contributed by atoms with Gasteiger partial charge in [0.15, 0.2) is 0 Å². The van der Waals surface area contributed by atoms with E-state index in [1.54, 1.807) is 11.8 Å². The molecular formula is C20H24N2OS. The molecule has 0 aromatic heterocycles. The summed E-state index contributed by atoms with van der Waals surface area (Å²) < 4.78 is 0. The number of nitrogens with zero attached hydrogens (tertiary/aromatic N) is 1. The van der Waals surface area contributed by atoms with Gasteiger partial charge < -0.3 is 10.2 Å². The highest BCUT2D eigenvalue weighted by Crippen LogP contribution is 2.37. The summed E-state index contributed by atoms with van der Waals surface area (Å²) in [7, 11) is 0. The summed E-state index contributed by atoms with van der Waals surface area (Å²) in [5, 5.41) is 3.02. The van der Waals surface area contributed by atoms with Crippen LogP contribution in [0, 0.1) is 0 Å². The summed E-state index contributed by atoms with van der Waals surface area (Å²) in [6.07, 6.45) is 0.807. The Morgan fingerprint density at radius 1 is 1.21 bits per heavy atom. The van der Waals surface area contributed by atoms with Gasteiger partial charge >= 0.3 is 0 Å². The molecule has 3 rings (SSSR count). The number of anilines is 2. The number of carbonyl (C=O) groups excluding carboxylic acids is 1. The van der Waals surface area contributed by atoms with Gasteiger partial charge in [-0.05, 0) is 63.1 Å². The molecule has 126 valence electrons. The minimum absolute atomic E-state index is 0.0371. The number of thioether (sulfide) groups is 1. The van der Waals surface area contributed by atoms with Gasteiger partial charge in [0.25, 0.3) is 0 Å². The number of fused-ring (bicyclic) bond motifs is 1. The average molecular weight is 340 g/mol. The molecule has 1 heterocycles. The van der Waals surface area contributed by atoms with E-state index in [0.29, 0.717) is 6.04 Å². The molecule has 24 heavy (non-hydrogen) atoms. The molecule has 1 unspecified atom stereocenters. The van der Waals surface area contributed by atoms with Crippen molar-refractivity contribution in [3.8, 4) is 0 Å². The van der Waals surface area contributed by atoms with E-state index in [2.05, 4.69) is 55.3 Å². The molecule has 2 aromatic rings. The number of benzene rings is 2. The van der Waals surface area contributed by atoms with Crippen LogP contribution in [0.1, 0.15) is 26.3 Å². The van der Waals surface area contributed by atoms with Gasteiger partial charge in [-0.2, -0.15) is 0 Å². The van der Waals surface area contributed by atoms with Crippen LogP contribution < -0.4 is 10.2 Å². The van der Waals surface area contributed by atoms with Crippen molar-refractivity contribution in [1.82, 2.24) is 0 Å². The van der Waals surface area contributed by atoms with Crippen LogP contribution in [-0.2, 0) is 11.2 Å². The van der Waals surface area contributed by atoms with E-state index in [1.807, 2.05) is 24.3 Å². The monoisotopic (exact) mass is 340 g/mol. The molecule has 0 saturated carbocycles. The molecule has 0 bridgehead atoms. The van der Waals surface area contributed by atoms with Crippen LogP contribution in [0.4, 0.5) is 11.4 Å². The molecule has 1 aliphatic rings. The topological polar surface area (TPSA) is 32.3 Å². The fraction of sp³-hybridized carbons (Fsp3) is 0.350. The molecule has 2 aromatic carbocycles. The second-order valence-corrected chi connectivity index (χ2v) is 7.58. The van der Waals surface area contributed by atoms with Gasteiger partial charge in [0, 0.05) is 28.9 Å². The first-order valence-electron chi connectivity index (χ1n) is 8.50. The van der Waals surface area contributed by atoms with Crippen LogP contribution in [0.5, 0.6) is 0 Å². The first kappa shape index (κ1) is 16.9. The number of hydrogen-bond donors (Lipinski definition) is 1. The zero-order valence-electron chi connectivity index (χ0n) is 14.5. The van der Waals surface area contributed by atoms with Crippen LogP contribution in [0.2, 0.25) is 0 Å². The fourth-order valence-electron chi connectivity index (χ4n) is 3.13. The third kappa shape index (κ3) is 3.59. The van der Waals surface area contributed by atoms with Crippen LogP contribution in [-0.4, -0.2) is 23.7 Å². The molecule has 0 radical (unpaired) electrons. The third-order valence-electron chi connectivity index (χ3n) is 4.37. The second kappa shape index (κ2) is 7.31. The van der Waals surface area contributed by atoms with Crippen molar-refractivity contribution in [2.24, 2.45) is 0 Å². The van der Waals surface area contributed by atoms with Crippen LogP contribution in [0.15, 0.2) is 53.4 Å². The van der Waals surface area contributed by atoms with Crippen molar-refractivity contribution in [3.05, 3.63) is 54.1 Å². The maximum atomic E-state index is 12.5. The average Bonchev–Trinajstić information content (AvgIpc) is 3.01. The highest BCUT2D eigenvalue weighted by molar-refractivity contribution is 8.01. The number of hydrogen-bond acceptors (Lipinski definition) is 3. The van der Waals surface area contributed by atoms with E-state index in [0.717, 1.165) is 18.7 Å². The SMILES string of the molecule is CCN(c1ccc(NC(=O)C2Cc3ccccc3S2)cc1)C(C)C. The Hall–Kier alpha value is -1.94. The van der Waals surface area contributed by atoms with Gasteiger partial charge in [-0.15, -0.1) is 11.8 Å². The van der Waals surface area contributed by atoms with Gasteiger partial charge in [0.1, 0.15) is 0 Å². The molecular weight excluding hydrogens is 316 g/mol. The van der Waals surface area contributed by atoms with E-state index < -0.39 is 0 Å². The van der Waals surface area contributed by atoms with Gasteiger partial charge in [0.2, 0.25) is 5.91 Å². The molecule has 0 spiro atoms. The predicted octanol–water partition coefficient (Wildman–Crippen LogP) is 4.58. The summed E-state index contributed by atoms with van der Waals surface area (Å²) in [6, 6.07) is 16.9. The van der Waals surface area contributed by atoms with Crippen molar-refractivity contribution >= 4 is 29.0 Å². The van der Waals surface area contributed by atoms with E-state index in [4.69, 9.17) is 0 Å². The maximum absolute atomic E-state index is 12.5. The molecule has 1 N–H and O–H groups in total. The van der Waals surface area contributed by atoms with Crippen LogP contribution in [0.25, 0.3) is 0 Å². The summed E-state index contributed by atoms with van der Waals surface area (Å²) in [5.41, 5.74) is 3.32. The van der Waals surface area contributed by atoms with Crippen molar-refractivity contribution < 1.29 is 4.79 Å². The van der Waals surface area contributed by atoms with Crippen LogP contribution in [0.3, 0.4) is 0 Å². The molecule has 4 heteroatoms. The van der Waals surface area contributed by atoms with Crippen molar-refractivity contribution in [2.45, 2.75) is 43.4 Å². The summed E-state index contributed by atoms with van der Waals surface area (Å²) in [4.78, 5) is 16.1. The van der Waals surface area contributed by atoms with Crippen molar-refractivity contribution in [1.29, 1.82) is 0 Å². The Morgan fingerprint density at radius 3 is 2.54 bits per heavy atom. The minimum Gasteiger partial charge on any atom is -0.369 e. The Kier molecular flexibility index (Phi) is 5.14. The van der Waals surface area contributed by atoms with E-state index in [9.17, 15) is 4.79 Å². The third-order valence-corrected chi connectivity index (χ3v) is 5.69. The Morgan fingerprint density at radius 2 is 1.92 bits per heavy atom. The highest BCUT2D eigenvalue weighted by Gasteiger charge is 2.27. The maximum Gasteiger partial charge on any atom is 0.238 e. The van der Waals surface area contributed by atoms with E-state index in [-0.39, 0.29) is 11.2 Å². The minimum atomic E-state index is -0.0371. The fourth-order valence-corrected chi connectivity index (χ4v) is 4.33.